The minimum atomic E-state index is 0.495. The third-order valence-electron chi connectivity index (χ3n) is 2.89. The molecule has 0 saturated heterocycles. The fourth-order valence-electron chi connectivity index (χ4n) is 2.00. The molecular weight excluding hydrogens is 311 g/mol. The average Bonchev–Trinajstić information content (AvgIpc) is 2.81. The summed E-state index contributed by atoms with van der Waals surface area (Å²) in [7, 11) is 0. The predicted octanol–water partition coefficient (Wildman–Crippen LogP) is 5.37. The lowest BCUT2D eigenvalue weighted by atomic mass is 10.1. The minimum Gasteiger partial charge on any atom is -0.375 e. The van der Waals surface area contributed by atoms with E-state index >= 15 is 0 Å². The van der Waals surface area contributed by atoms with Crippen molar-refractivity contribution < 1.29 is 0 Å². The Labute approximate surface area is 130 Å². The molecule has 5 heteroatoms. The Morgan fingerprint density at radius 1 is 0.850 bits per heavy atom. The summed E-state index contributed by atoms with van der Waals surface area (Å²) in [6.45, 7) is 0. The van der Waals surface area contributed by atoms with Gasteiger partial charge in [0.2, 0.25) is 0 Å². The van der Waals surface area contributed by atoms with Gasteiger partial charge in [0.25, 0.3) is 0 Å². The molecule has 0 fully saturated rings. The number of aromatic nitrogens is 1. The Balaban J connectivity index is 2.25. The Morgan fingerprint density at radius 3 is 2.00 bits per heavy atom. The lowest BCUT2D eigenvalue weighted by Crippen LogP contribution is -1.85. The smallest absolute Gasteiger partial charge is 0.181 e. The highest BCUT2D eigenvalue weighted by Crippen LogP contribution is 2.42. The minimum absolute atomic E-state index is 0.495. The van der Waals surface area contributed by atoms with Crippen molar-refractivity contribution in [2.45, 2.75) is 0 Å². The molecule has 3 rings (SSSR count). The van der Waals surface area contributed by atoms with Crippen molar-refractivity contribution in [2.24, 2.45) is 0 Å². The maximum absolute atomic E-state index is 6.27. The van der Waals surface area contributed by atoms with Crippen molar-refractivity contribution in [1.82, 2.24) is 4.98 Å². The van der Waals surface area contributed by atoms with Crippen molar-refractivity contribution in [1.29, 1.82) is 0 Å². The second-order valence-electron chi connectivity index (χ2n) is 4.19. The molecule has 1 heterocycles. The van der Waals surface area contributed by atoms with Crippen LogP contribution in [0.5, 0.6) is 0 Å². The maximum atomic E-state index is 6.27. The molecule has 0 atom stereocenters. The van der Waals surface area contributed by atoms with Crippen LogP contribution in [0, 0.1) is 0 Å². The molecule has 0 spiro atoms. The third kappa shape index (κ3) is 2.40. The Morgan fingerprint density at radius 2 is 1.40 bits per heavy atom. The zero-order chi connectivity index (χ0) is 14.1. The molecule has 3 aromatic rings. The van der Waals surface area contributed by atoms with Crippen molar-refractivity contribution in [2.75, 3.05) is 5.73 Å². The zero-order valence-electron chi connectivity index (χ0n) is 10.3. The van der Waals surface area contributed by atoms with Gasteiger partial charge >= 0.3 is 0 Å². The summed E-state index contributed by atoms with van der Waals surface area (Å²) < 4.78 is 0. The molecule has 0 radical (unpaired) electrons. The van der Waals surface area contributed by atoms with Crippen LogP contribution in [-0.2, 0) is 0 Å². The fourth-order valence-corrected chi connectivity index (χ4v) is 3.40. The van der Waals surface area contributed by atoms with Crippen LogP contribution in [0.15, 0.2) is 48.5 Å². The quantitative estimate of drug-likeness (QED) is 0.689. The second-order valence-corrected chi connectivity index (χ2v) is 6.03. The first-order valence-electron chi connectivity index (χ1n) is 5.93. The first-order valence-corrected chi connectivity index (χ1v) is 7.50. The average molecular weight is 321 g/mol. The summed E-state index contributed by atoms with van der Waals surface area (Å²) in [4.78, 5) is 5.34. The molecule has 0 aliphatic heterocycles. The normalized spacial score (nSPS) is 10.7. The molecular formula is C15H10Cl2N2S. The number of rotatable bonds is 2. The molecule has 1 aromatic heterocycles. The van der Waals surface area contributed by atoms with Gasteiger partial charge in [-0.2, -0.15) is 0 Å². The van der Waals surface area contributed by atoms with E-state index in [1.54, 1.807) is 0 Å². The highest BCUT2D eigenvalue weighted by molar-refractivity contribution is 7.19. The van der Waals surface area contributed by atoms with Gasteiger partial charge in [-0.15, -0.1) is 0 Å². The SMILES string of the molecule is Nc1nc(-c2ccccc2Cl)c(-c2ccccc2Cl)s1. The summed E-state index contributed by atoms with van der Waals surface area (Å²) in [5, 5.41) is 1.81. The predicted molar refractivity (Wildman–Crippen MR) is 87.4 cm³/mol. The molecule has 0 bridgehead atoms. The summed E-state index contributed by atoms with van der Waals surface area (Å²) in [5.74, 6) is 0. The molecule has 0 aliphatic carbocycles. The number of hydrogen-bond acceptors (Lipinski definition) is 3. The van der Waals surface area contributed by atoms with Gasteiger partial charge in [-0.1, -0.05) is 70.9 Å². The number of hydrogen-bond donors (Lipinski definition) is 1. The van der Waals surface area contributed by atoms with Crippen molar-refractivity contribution in [3.8, 4) is 21.7 Å². The van der Waals surface area contributed by atoms with Crippen LogP contribution >= 0.6 is 34.5 Å². The number of nitrogens with two attached hydrogens (primary N) is 1. The van der Waals surface area contributed by atoms with E-state index in [1.807, 2.05) is 48.5 Å². The van der Waals surface area contributed by atoms with Crippen LogP contribution in [0.4, 0.5) is 5.13 Å². The monoisotopic (exact) mass is 320 g/mol. The lowest BCUT2D eigenvalue weighted by Gasteiger charge is -2.06. The van der Waals surface area contributed by atoms with Gasteiger partial charge in [0.15, 0.2) is 5.13 Å². The van der Waals surface area contributed by atoms with Crippen LogP contribution in [0.25, 0.3) is 21.7 Å². The molecule has 0 saturated carbocycles. The number of halogens is 2. The number of thiazole rings is 1. The number of nitrogens with zero attached hydrogens (tertiary/aromatic N) is 1. The van der Waals surface area contributed by atoms with E-state index in [0.29, 0.717) is 15.2 Å². The summed E-state index contributed by atoms with van der Waals surface area (Å²) in [5.41, 5.74) is 8.42. The van der Waals surface area contributed by atoms with E-state index in [1.165, 1.54) is 11.3 Å². The molecule has 2 nitrogen and oxygen atoms in total. The third-order valence-corrected chi connectivity index (χ3v) is 4.47. The van der Waals surface area contributed by atoms with Crippen LogP contribution in [-0.4, -0.2) is 4.98 Å². The summed E-state index contributed by atoms with van der Waals surface area (Å²) in [6.07, 6.45) is 0. The Hall–Kier alpha value is -1.55. The van der Waals surface area contributed by atoms with E-state index in [-0.39, 0.29) is 0 Å². The van der Waals surface area contributed by atoms with Crippen molar-refractivity contribution >= 4 is 39.7 Å². The van der Waals surface area contributed by atoms with Gasteiger partial charge in [0.05, 0.1) is 15.6 Å². The van der Waals surface area contributed by atoms with Gasteiger partial charge < -0.3 is 5.73 Å². The van der Waals surface area contributed by atoms with Crippen molar-refractivity contribution in [3.63, 3.8) is 0 Å². The van der Waals surface area contributed by atoms with E-state index in [2.05, 4.69) is 4.98 Å². The van der Waals surface area contributed by atoms with Crippen LogP contribution in [0.1, 0.15) is 0 Å². The van der Waals surface area contributed by atoms with E-state index in [0.717, 1.165) is 21.7 Å². The van der Waals surface area contributed by atoms with E-state index in [9.17, 15) is 0 Å². The zero-order valence-corrected chi connectivity index (χ0v) is 12.6. The van der Waals surface area contributed by atoms with E-state index in [4.69, 9.17) is 28.9 Å². The number of anilines is 1. The molecule has 0 aliphatic rings. The number of benzene rings is 2. The molecule has 2 aromatic carbocycles. The molecule has 2 N–H and O–H groups in total. The van der Waals surface area contributed by atoms with Gasteiger partial charge in [-0.3, -0.25) is 0 Å². The molecule has 0 unspecified atom stereocenters. The second kappa shape index (κ2) is 5.44. The lowest BCUT2D eigenvalue weighted by molar-refractivity contribution is 1.41. The molecule has 0 amide bonds. The first-order chi connectivity index (χ1) is 9.66. The highest BCUT2D eigenvalue weighted by Gasteiger charge is 2.17. The highest BCUT2D eigenvalue weighted by atomic mass is 35.5. The van der Waals surface area contributed by atoms with Crippen LogP contribution in [0.2, 0.25) is 10.0 Å². The van der Waals surface area contributed by atoms with Crippen molar-refractivity contribution in [3.05, 3.63) is 58.6 Å². The Kier molecular flexibility index (Phi) is 3.66. The standard InChI is InChI=1S/C15H10Cl2N2S/c16-11-7-3-1-5-9(11)13-14(20-15(18)19-13)10-6-2-4-8-12(10)17/h1-8H,(H2,18,19). The Bertz CT molecular complexity index is 705. The molecule has 20 heavy (non-hydrogen) atoms. The van der Waals surface area contributed by atoms with Crippen LogP contribution < -0.4 is 5.73 Å². The fraction of sp³-hybridized carbons (Fsp3) is 0. The molecule has 100 valence electrons. The largest absolute Gasteiger partial charge is 0.375 e. The maximum Gasteiger partial charge on any atom is 0.181 e. The van der Waals surface area contributed by atoms with Gasteiger partial charge in [-0.05, 0) is 12.1 Å². The number of nitrogen functional groups attached to an aromatic ring is 1. The topological polar surface area (TPSA) is 38.9 Å². The van der Waals surface area contributed by atoms with E-state index < -0.39 is 0 Å². The van der Waals surface area contributed by atoms with Gasteiger partial charge in [0.1, 0.15) is 0 Å². The van der Waals surface area contributed by atoms with Gasteiger partial charge in [-0.25, -0.2) is 4.98 Å². The van der Waals surface area contributed by atoms with Crippen LogP contribution in [0.3, 0.4) is 0 Å². The summed E-state index contributed by atoms with van der Waals surface area (Å²) in [6, 6.07) is 15.2. The first kappa shape index (κ1) is 13.4. The summed E-state index contributed by atoms with van der Waals surface area (Å²) >= 11 is 13.9. The van der Waals surface area contributed by atoms with Gasteiger partial charge in [0, 0.05) is 16.1 Å².